The largest absolute Gasteiger partial charge is 0.491 e. The van der Waals surface area contributed by atoms with E-state index >= 15 is 0 Å². The lowest BCUT2D eigenvalue weighted by Gasteiger charge is -2.13. The first-order valence-electron chi connectivity index (χ1n) is 8.43. The van der Waals surface area contributed by atoms with Gasteiger partial charge in [0.25, 0.3) is 0 Å². The van der Waals surface area contributed by atoms with Crippen molar-refractivity contribution < 1.29 is 9.47 Å². The number of rotatable bonds is 7. The first kappa shape index (κ1) is 17.8. The number of anilines is 2. The van der Waals surface area contributed by atoms with Gasteiger partial charge in [-0.15, -0.1) is 0 Å². The van der Waals surface area contributed by atoms with Crippen LogP contribution in [-0.2, 0) is 4.74 Å². The average molecular weight is 350 g/mol. The van der Waals surface area contributed by atoms with E-state index in [4.69, 9.17) is 9.47 Å². The van der Waals surface area contributed by atoms with Gasteiger partial charge in [0.15, 0.2) is 5.82 Å². The zero-order valence-electron chi connectivity index (χ0n) is 15.2. The predicted octanol–water partition coefficient (Wildman–Crippen LogP) is 3.92. The molecule has 1 N–H and O–H groups in total. The number of hydrogen-bond donors (Lipinski definition) is 1. The molecule has 0 fully saturated rings. The number of ether oxygens (including phenoxy) is 2. The molecular formula is C20H22N4O2. The molecule has 0 aliphatic carbocycles. The summed E-state index contributed by atoms with van der Waals surface area (Å²) in [6, 6.07) is 13.5. The molecule has 0 unspecified atom stereocenters. The van der Waals surface area contributed by atoms with Crippen LogP contribution in [0.3, 0.4) is 0 Å². The minimum atomic E-state index is 0.529. The summed E-state index contributed by atoms with van der Waals surface area (Å²) in [6.45, 7) is 5.07. The molecule has 3 rings (SSSR count). The average Bonchev–Trinajstić information content (AvgIpc) is 2.67. The Labute approximate surface area is 153 Å². The summed E-state index contributed by atoms with van der Waals surface area (Å²) in [4.78, 5) is 13.5. The van der Waals surface area contributed by atoms with Crippen molar-refractivity contribution in [2.45, 2.75) is 13.8 Å². The third-order valence-corrected chi connectivity index (χ3v) is 3.96. The zero-order valence-corrected chi connectivity index (χ0v) is 15.2. The summed E-state index contributed by atoms with van der Waals surface area (Å²) in [5.41, 5.74) is 3.60. The standard InChI is InChI=1S/C20H22N4O2/c1-14-15(2)22-20(18-6-4-5-11-21-18)24-19(14)23-16-7-9-17(10-8-16)26-13-12-25-3/h4-11H,12-13H2,1-3H3,(H,22,23,24). The van der Waals surface area contributed by atoms with E-state index in [0.29, 0.717) is 19.0 Å². The van der Waals surface area contributed by atoms with E-state index in [9.17, 15) is 0 Å². The molecule has 0 saturated carbocycles. The lowest BCUT2D eigenvalue weighted by Crippen LogP contribution is -2.05. The number of methoxy groups -OCH3 is 1. The lowest BCUT2D eigenvalue weighted by atomic mass is 10.2. The zero-order chi connectivity index (χ0) is 18.4. The Morgan fingerprint density at radius 1 is 0.962 bits per heavy atom. The van der Waals surface area contributed by atoms with Gasteiger partial charge in [-0.3, -0.25) is 4.98 Å². The maximum Gasteiger partial charge on any atom is 0.180 e. The monoisotopic (exact) mass is 350 g/mol. The van der Waals surface area contributed by atoms with Crippen LogP contribution in [0.5, 0.6) is 5.75 Å². The lowest BCUT2D eigenvalue weighted by molar-refractivity contribution is 0.146. The van der Waals surface area contributed by atoms with Crippen LogP contribution in [0.2, 0.25) is 0 Å². The quantitative estimate of drug-likeness (QED) is 0.651. The molecule has 1 aromatic carbocycles. The number of aryl methyl sites for hydroxylation is 1. The highest BCUT2D eigenvalue weighted by molar-refractivity contribution is 5.63. The van der Waals surface area contributed by atoms with Gasteiger partial charge in [0.2, 0.25) is 0 Å². The second kappa shape index (κ2) is 8.40. The molecular weight excluding hydrogens is 328 g/mol. The molecule has 3 aromatic rings. The van der Waals surface area contributed by atoms with Crippen molar-refractivity contribution >= 4 is 11.5 Å². The second-order valence-electron chi connectivity index (χ2n) is 5.81. The van der Waals surface area contributed by atoms with Crippen molar-refractivity contribution in [3.63, 3.8) is 0 Å². The number of hydrogen-bond acceptors (Lipinski definition) is 6. The highest BCUT2D eigenvalue weighted by Crippen LogP contribution is 2.24. The summed E-state index contributed by atoms with van der Waals surface area (Å²) in [5.74, 6) is 2.18. The summed E-state index contributed by atoms with van der Waals surface area (Å²) < 4.78 is 10.6. The van der Waals surface area contributed by atoms with E-state index < -0.39 is 0 Å². The third-order valence-electron chi connectivity index (χ3n) is 3.96. The van der Waals surface area contributed by atoms with E-state index in [1.54, 1.807) is 13.3 Å². The fourth-order valence-corrected chi connectivity index (χ4v) is 2.37. The van der Waals surface area contributed by atoms with Gasteiger partial charge in [0.05, 0.1) is 6.61 Å². The van der Waals surface area contributed by atoms with Gasteiger partial charge in [-0.2, -0.15) is 0 Å². The molecule has 0 amide bonds. The Balaban J connectivity index is 1.80. The highest BCUT2D eigenvalue weighted by atomic mass is 16.5. The molecule has 134 valence electrons. The highest BCUT2D eigenvalue weighted by Gasteiger charge is 2.10. The van der Waals surface area contributed by atoms with Crippen molar-refractivity contribution in [1.82, 2.24) is 15.0 Å². The van der Waals surface area contributed by atoms with Crippen molar-refractivity contribution in [2.24, 2.45) is 0 Å². The van der Waals surface area contributed by atoms with Gasteiger partial charge < -0.3 is 14.8 Å². The molecule has 0 atom stereocenters. The maximum absolute atomic E-state index is 5.58. The van der Waals surface area contributed by atoms with Crippen LogP contribution in [0.25, 0.3) is 11.5 Å². The first-order valence-corrected chi connectivity index (χ1v) is 8.43. The molecule has 6 heteroatoms. The van der Waals surface area contributed by atoms with E-state index in [0.717, 1.165) is 34.2 Å². The Morgan fingerprint density at radius 2 is 1.77 bits per heavy atom. The Kier molecular flexibility index (Phi) is 5.76. The Morgan fingerprint density at radius 3 is 2.46 bits per heavy atom. The van der Waals surface area contributed by atoms with E-state index in [2.05, 4.69) is 20.3 Å². The fourth-order valence-electron chi connectivity index (χ4n) is 2.37. The van der Waals surface area contributed by atoms with Crippen LogP contribution in [0.4, 0.5) is 11.5 Å². The van der Waals surface area contributed by atoms with Crippen LogP contribution >= 0.6 is 0 Å². The number of nitrogens with one attached hydrogen (secondary N) is 1. The molecule has 26 heavy (non-hydrogen) atoms. The minimum Gasteiger partial charge on any atom is -0.491 e. The summed E-state index contributed by atoms with van der Waals surface area (Å²) >= 11 is 0. The van der Waals surface area contributed by atoms with Gasteiger partial charge in [0, 0.05) is 30.3 Å². The Bertz CT molecular complexity index is 852. The molecule has 0 spiro atoms. The topological polar surface area (TPSA) is 69.2 Å². The van der Waals surface area contributed by atoms with E-state index in [1.807, 2.05) is 56.3 Å². The maximum atomic E-state index is 5.58. The van der Waals surface area contributed by atoms with Crippen LogP contribution in [0.1, 0.15) is 11.3 Å². The van der Waals surface area contributed by atoms with E-state index in [1.165, 1.54) is 0 Å². The predicted molar refractivity (Wildman–Crippen MR) is 102 cm³/mol. The summed E-state index contributed by atoms with van der Waals surface area (Å²) in [7, 11) is 1.65. The Hall–Kier alpha value is -2.99. The summed E-state index contributed by atoms with van der Waals surface area (Å²) in [5, 5.41) is 3.36. The molecule has 2 heterocycles. The molecule has 0 saturated heterocycles. The second-order valence-corrected chi connectivity index (χ2v) is 5.81. The number of aromatic nitrogens is 3. The fraction of sp³-hybridized carbons (Fsp3) is 0.250. The molecule has 0 aliphatic rings. The van der Waals surface area contributed by atoms with Crippen LogP contribution in [-0.4, -0.2) is 35.3 Å². The van der Waals surface area contributed by atoms with Crippen LogP contribution in [0.15, 0.2) is 48.7 Å². The SMILES string of the molecule is COCCOc1ccc(Nc2nc(-c3ccccn3)nc(C)c2C)cc1. The summed E-state index contributed by atoms with van der Waals surface area (Å²) in [6.07, 6.45) is 1.74. The van der Waals surface area contributed by atoms with Crippen molar-refractivity contribution in [3.8, 4) is 17.3 Å². The third kappa shape index (κ3) is 4.34. The number of nitrogens with zero attached hydrogens (tertiary/aromatic N) is 3. The van der Waals surface area contributed by atoms with Crippen LogP contribution < -0.4 is 10.1 Å². The molecule has 6 nitrogen and oxygen atoms in total. The van der Waals surface area contributed by atoms with Crippen molar-refractivity contribution in [3.05, 3.63) is 59.9 Å². The number of pyridine rings is 1. The van der Waals surface area contributed by atoms with Crippen molar-refractivity contribution in [2.75, 3.05) is 25.6 Å². The normalized spacial score (nSPS) is 10.6. The molecule has 2 aromatic heterocycles. The first-order chi connectivity index (χ1) is 12.7. The van der Waals surface area contributed by atoms with Crippen LogP contribution in [0, 0.1) is 13.8 Å². The minimum absolute atomic E-state index is 0.529. The molecule has 0 radical (unpaired) electrons. The molecule has 0 aliphatic heterocycles. The van der Waals surface area contributed by atoms with Gasteiger partial charge in [-0.05, 0) is 50.2 Å². The smallest absolute Gasteiger partial charge is 0.180 e. The van der Waals surface area contributed by atoms with Gasteiger partial charge in [0.1, 0.15) is 23.9 Å². The van der Waals surface area contributed by atoms with Gasteiger partial charge >= 0.3 is 0 Å². The molecule has 0 bridgehead atoms. The van der Waals surface area contributed by atoms with Gasteiger partial charge in [-0.25, -0.2) is 9.97 Å². The van der Waals surface area contributed by atoms with E-state index in [-0.39, 0.29) is 0 Å². The van der Waals surface area contributed by atoms with Gasteiger partial charge in [-0.1, -0.05) is 6.07 Å². The number of benzene rings is 1. The van der Waals surface area contributed by atoms with Crippen molar-refractivity contribution in [1.29, 1.82) is 0 Å².